The molecule has 0 saturated carbocycles. The van der Waals surface area contributed by atoms with Gasteiger partial charge in [-0.3, -0.25) is 9.69 Å². The van der Waals surface area contributed by atoms with Gasteiger partial charge < -0.3 is 19.5 Å². The largest absolute Gasteiger partial charge is 0.493 e. The van der Waals surface area contributed by atoms with Crippen molar-refractivity contribution in [3.63, 3.8) is 0 Å². The average molecular weight is 334 g/mol. The molecule has 1 amide bonds. The van der Waals surface area contributed by atoms with Gasteiger partial charge in [0, 0.05) is 19.6 Å². The van der Waals surface area contributed by atoms with E-state index >= 15 is 0 Å². The van der Waals surface area contributed by atoms with Crippen molar-refractivity contribution in [1.82, 2.24) is 9.80 Å². The number of β-amino-alcohol motifs (C(OH)–C–C–N with tert-alkyl or cyclic N) is 1. The topological polar surface area (TPSA) is 62.2 Å². The molecule has 1 atom stereocenters. The predicted octanol–water partition coefficient (Wildman–Crippen LogP) is 1.05. The Balaban J connectivity index is 1.66. The Labute approximate surface area is 143 Å². The molecule has 3 rings (SSSR count). The number of carbonyl (C=O) groups excluding carboxylic acids is 1. The van der Waals surface area contributed by atoms with Crippen molar-refractivity contribution >= 4 is 5.91 Å². The second kappa shape index (κ2) is 7.40. The third-order valence-electron chi connectivity index (χ3n) is 4.91. The number of aliphatic hydroxyl groups is 1. The van der Waals surface area contributed by atoms with Gasteiger partial charge >= 0.3 is 0 Å². The first kappa shape index (κ1) is 17.0. The SMILES string of the molecule is COc1cc2c(cc1OC)CN(C(=O)CN1CCCC(O)C1)CC2. The minimum absolute atomic E-state index is 0.129. The summed E-state index contributed by atoms with van der Waals surface area (Å²) in [5.41, 5.74) is 2.33. The van der Waals surface area contributed by atoms with Crippen LogP contribution in [0.1, 0.15) is 24.0 Å². The number of piperidine rings is 1. The fourth-order valence-electron chi connectivity index (χ4n) is 3.56. The van der Waals surface area contributed by atoms with Crippen LogP contribution in [0.25, 0.3) is 0 Å². The maximum Gasteiger partial charge on any atom is 0.237 e. The first-order chi connectivity index (χ1) is 11.6. The van der Waals surface area contributed by atoms with E-state index in [4.69, 9.17) is 9.47 Å². The van der Waals surface area contributed by atoms with Crippen LogP contribution in [-0.2, 0) is 17.8 Å². The van der Waals surface area contributed by atoms with Gasteiger partial charge in [0.05, 0.1) is 26.9 Å². The van der Waals surface area contributed by atoms with Gasteiger partial charge in [-0.2, -0.15) is 0 Å². The minimum atomic E-state index is -0.301. The number of fused-ring (bicyclic) bond motifs is 1. The minimum Gasteiger partial charge on any atom is -0.493 e. The van der Waals surface area contributed by atoms with Crippen molar-refractivity contribution in [2.45, 2.75) is 31.9 Å². The molecule has 1 saturated heterocycles. The lowest BCUT2D eigenvalue weighted by atomic mass is 9.98. The highest BCUT2D eigenvalue weighted by Crippen LogP contribution is 2.33. The molecular formula is C18H26N2O4. The van der Waals surface area contributed by atoms with E-state index in [2.05, 4.69) is 4.90 Å². The molecule has 6 nitrogen and oxygen atoms in total. The maximum atomic E-state index is 12.6. The number of rotatable bonds is 4. The van der Waals surface area contributed by atoms with Gasteiger partial charge in [-0.05, 0) is 49.1 Å². The van der Waals surface area contributed by atoms with Crippen LogP contribution in [0.5, 0.6) is 11.5 Å². The number of hydrogen-bond acceptors (Lipinski definition) is 5. The normalized spacial score (nSPS) is 21.3. The second-order valence-electron chi connectivity index (χ2n) is 6.57. The van der Waals surface area contributed by atoms with Gasteiger partial charge in [0.25, 0.3) is 0 Å². The third kappa shape index (κ3) is 3.65. The van der Waals surface area contributed by atoms with E-state index in [-0.39, 0.29) is 12.0 Å². The molecule has 1 fully saturated rings. The Hall–Kier alpha value is -1.79. The fourth-order valence-corrected chi connectivity index (χ4v) is 3.56. The molecule has 1 unspecified atom stereocenters. The number of hydrogen-bond donors (Lipinski definition) is 1. The second-order valence-corrected chi connectivity index (χ2v) is 6.57. The molecule has 1 N–H and O–H groups in total. The van der Waals surface area contributed by atoms with Gasteiger partial charge in [-0.25, -0.2) is 0 Å². The highest BCUT2D eigenvalue weighted by atomic mass is 16.5. The van der Waals surface area contributed by atoms with Crippen molar-refractivity contribution in [2.75, 3.05) is 40.4 Å². The highest BCUT2D eigenvalue weighted by Gasteiger charge is 2.26. The van der Waals surface area contributed by atoms with Crippen molar-refractivity contribution in [3.8, 4) is 11.5 Å². The van der Waals surface area contributed by atoms with Gasteiger partial charge in [-0.1, -0.05) is 0 Å². The first-order valence-corrected chi connectivity index (χ1v) is 8.52. The molecule has 0 radical (unpaired) electrons. The molecule has 24 heavy (non-hydrogen) atoms. The van der Waals surface area contributed by atoms with E-state index in [0.717, 1.165) is 43.7 Å². The average Bonchev–Trinajstić information content (AvgIpc) is 2.59. The molecule has 0 aromatic heterocycles. The lowest BCUT2D eigenvalue weighted by Gasteiger charge is -2.34. The lowest BCUT2D eigenvalue weighted by Crippen LogP contribution is -2.46. The van der Waals surface area contributed by atoms with E-state index in [1.54, 1.807) is 14.2 Å². The van der Waals surface area contributed by atoms with E-state index < -0.39 is 0 Å². The number of nitrogens with zero attached hydrogens (tertiary/aromatic N) is 2. The third-order valence-corrected chi connectivity index (χ3v) is 4.91. The van der Waals surface area contributed by atoms with Crippen LogP contribution in [0.4, 0.5) is 0 Å². The van der Waals surface area contributed by atoms with Gasteiger partial charge in [-0.15, -0.1) is 0 Å². The Bertz CT molecular complexity index is 605. The zero-order chi connectivity index (χ0) is 17.1. The molecule has 0 spiro atoms. The summed E-state index contributed by atoms with van der Waals surface area (Å²) in [7, 11) is 3.26. The van der Waals surface area contributed by atoms with Crippen molar-refractivity contribution < 1.29 is 19.4 Å². The van der Waals surface area contributed by atoms with Crippen LogP contribution >= 0.6 is 0 Å². The highest BCUT2D eigenvalue weighted by molar-refractivity contribution is 5.78. The molecule has 6 heteroatoms. The maximum absolute atomic E-state index is 12.6. The Morgan fingerprint density at radius 3 is 2.58 bits per heavy atom. The number of ether oxygens (including phenoxy) is 2. The quantitative estimate of drug-likeness (QED) is 0.892. The Morgan fingerprint density at radius 1 is 1.21 bits per heavy atom. The number of amides is 1. The summed E-state index contributed by atoms with van der Waals surface area (Å²) in [6, 6.07) is 3.98. The molecule has 132 valence electrons. The molecule has 1 aromatic carbocycles. The van der Waals surface area contributed by atoms with Crippen LogP contribution < -0.4 is 9.47 Å². The smallest absolute Gasteiger partial charge is 0.237 e. The van der Waals surface area contributed by atoms with Crippen molar-refractivity contribution in [3.05, 3.63) is 23.3 Å². The zero-order valence-corrected chi connectivity index (χ0v) is 14.5. The molecule has 0 bridgehead atoms. The summed E-state index contributed by atoms with van der Waals surface area (Å²) < 4.78 is 10.7. The van der Waals surface area contributed by atoms with Gasteiger partial charge in [0.2, 0.25) is 5.91 Å². The van der Waals surface area contributed by atoms with Crippen molar-refractivity contribution in [1.29, 1.82) is 0 Å². The number of benzene rings is 1. The predicted molar refractivity (Wildman–Crippen MR) is 90.3 cm³/mol. The fraction of sp³-hybridized carbons (Fsp3) is 0.611. The zero-order valence-electron chi connectivity index (χ0n) is 14.5. The van der Waals surface area contributed by atoms with E-state index in [0.29, 0.717) is 25.4 Å². The van der Waals surface area contributed by atoms with Gasteiger partial charge in [0.15, 0.2) is 11.5 Å². The summed E-state index contributed by atoms with van der Waals surface area (Å²) in [4.78, 5) is 16.6. The van der Waals surface area contributed by atoms with E-state index in [1.807, 2.05) is 17.0 Å². The summed E-state index contributed by atoms with van der Waals surface area (Å²) in [6.45, 7) is 3.20. The van der Waals surface area contributed by atoms with Crippen LogP contribution in [0.3, 0.4) is 0 Å². The molecular weight excluding hydrogens is 308 g/mol. The number of methoxy groups -OCH3 is 2. The summed E-state index contributed by atoms with van der Waals surface area (Å²) >= 11 is 0. The van der Waals surface area contributed by atoms with E-state index in [9.17, 15) is 9.90 Å². The number of aliphatic hydroxyl groups excluding tert-OH is 1. The molecule has 0 aliphatic carbocycles. The summed E-state index contributed by atoms with van der Waals surface area (Å²) in [6.07, 6.45) is 2.31. The standard InChI is InChI=1S/C18H26N2O4/c1-23-16-8-13-5-7-20(10-14(13)9-17(16)24-2)18(22)12-19-6-3-4-15(21)11-19/h8-9,15,21H,3-7,10-12H2,1-2H3. The van der Waals surface area contributed by atoms with Gasteiger partial charge in [0.1, 0.15) is 0 Å². The van der Waals surface area contributed by atoms with Crippen LogP contribution in [0.15, 0.2) is 12.1 Å². The first-order valence-electron chi connectivity index (χ1n) is 8.52. The Morgan fingerprint density at radius 2 is 1.92 bits per heavy atom. The molecule has 1 aromatic rings. The van der Waals surface area contributed by atoms with Crippen molar-refractivity contribution in [2.24, 2.45) is 0 Å². The van der Waals surface area contributed by atoms with E-state index in [1.165, 1.54) is 5.56 Å². The summed E-state index contributed by atoms with van der Waals surface area (Å²) in [5.74, 6) is 1.56. The number of likely N-dealkylation sites (tertiary alicyclic amines) is 1. The molecule has 2 aliphatic heterocycles. The Kier molecular flexibility index (Phi) is 5.26. The van der Waals surface area contributed by atoms with Crippen LogP contribution in [0.2, 0.25) is 0 Å². The van der Waals surface area contributed by atoms with Crippen LogP contribution in [-0.4, -0.2) is 67.3 Å². The molecule has 2 heterocycles. The monoisotopic (exact) mass is 334 g/mol. The lowest BCUT2D eigenvalue weighted by molar-refractivity contribution is -0.134. The van der Waals surface area contributed by atoms with Crippen LogP contribution in [0, 0.1) is 0 Å². The summed E-state index contributed by atoms with van der Waals surface area (Å²) in [5, 5.41) is 9.75. The molecule has 2 aliphatic rings. The number of carbonyl (C=O) groups is 1.